The van der Waals surface area contributed by atoms with Gasteiger partial charge in [-0.25, -0.2) is 4.79 Å². The molecule has 0 amide bonds. The first-order valence-electron chi connectivity index (χ1n) is 16.4. The summed E-state index contributed by atoms with van der Waals surface area (Å²) in [4.78, 5) is 16.2. The van der Waals surface area contributed by atoms with Crippen molar-refractivity contribution < 1.29 is 33.6 Å². The van der Waals surface area contributed by atoms with Gasteiger partial charge in [-0.3, -0.25) is 4.90 Å². The van der Waals surface area contributed by atoms with Gasteiger partial charge >= 0.3 is 5.97 Å². The Labute approximate surface area is 281 Å². The second-order valence-corrected chi connectivity index (χ2v) is 12.9. The van der Waals surface area contributed by atoms with E-state index in [-0.39, 0.29) is 12.6 Å². The number of hydrogen-bond acceptors (Lipinski definition) is 8. The van der Waals surface area contributed by atoms with Gasteiger partial charge in [-0.2, -0.15) is 0 Å². The molecule has 1 unspecified atom stereocenters. The second-order valence-electron chi connectivity index (χ2n) is 12.9. The summed E-state index contributed by atoms with van der Waals surface area (Å²) in [7, 11) is 5.25. The number of ether oxygens (including phenoxy) is 5. The number of nitrogens with zero attached hydrogens (tertiary/aromatic N) is 1. The topological polar surface area (TPSA) is 86.7 Å². The molecule has 3 aliphatic rings. The van der Waals surface area contributed by atoms with E-state index in [0.717, 1.165) is 34.5 Å². The van der Waals surface area contributed by atoms with Crippen LogP contribution in [0.1, 0.15) is 45.5 Å². The van der Waals surface area contributed by atoms with Crippen molar-refractivity contribution >= 4 is 5.97 Å². The molecule has 1 aliphatic heterocycles. The summed E-state index contributed by atoms with van der Waals surface area (Å²) in [6, 6.07) is 30.8. The van der Waals surface area contributed by atoms with Crippen LogP contribution in [0.15, 0.2) is 109 Å². The highest BCUT2D eigenvalue weighted by atomic mass is 16.6. The number of aliphatic hydroxyl groups excluding tert-OH is 1. The van der Waals surface area contributed by atoms with Crippen molar-refractivity contribution in [2.24, 2.45) is 0 Å². The number of carbonyl (C=O) groups is 1. The third-order valence-electron chi connectivity index (χ3n) is 10.3. The maximum Gasteiger partial charge on any atom is 0.339 e. The number of hydrogen-bond donors (Lipinski definition) is 1. The molecule has 4 aromatic carbocycles. The Morgan fingerprint density at radius 3 is 2.25 bits per heavy atom. The highest BCUT2D eigenvalue weighted by Crippen LogP contribution is 2.62. The van der Waals surface area contributed by atoms with Crippen LogP contribution in [0.4, 0.5) is 0 Å². The molecule has 4 atom stereocenters. The summed E-state index contributed by atoms with van der Waals surface area (Å²) in [6.45, 7) is 1.52. The maximum absolute atomic E-state index is 13.9. The molecule has 2 bridgehead atoms. The van der Waals surface area contributed by atoms with Gasteiger partial charge in [-0.15, -0.1) is 0 Å². The summed E-state index contributed by atoms with van der Waals surface area (Å²) in [6.07, 6.45) is 2.49. The van der Waals surface area contributed by atoms with Crippen molar-refractivity contribution in [2.75, 3.05) is 27.8 Å². The first-order chi connectivity index (χ1) is 23.4. The quantitative estimate of drug-likeness (QED) is 0.203. The average Bonchev–Trinajstić information content (AvgIpc) is 3.12. The van der Waals surface area contributed by atoms with E-state index in [2.05, 4.69) is 18.0 Å². The zero-order chi connectivity index (χ0) is 33.3. The summed E-state index contributed by atoms with van der Waals surface area (Å²) in [5.74, 6) is 1.93. The van der Waals surface area contributed by atoms with Crippen molar-refractivity contribution in [3.05, 3.63) is 137 Å². The van der Waals surface area contributed by atoms with Gasteiger partial charge in [0.25, 0.3) is 0 Å². The highest BCUT2D eigenvalue weighted by molar-refractivity contribution is 5.90. The fraction of sp³-hybridized carbons (Fsp3) is 0.325. The maximum atomic E-state index is 13.9. The molecule has 48 heavy (non-hydrogen) atoms. The van der Waals surface area contributed by atoms with Crippen molar-refractivity contribution in [1.82, 2.24) is 4.90 Å². The molecular weight excluding hydrogens is 606 g/mol. The minimum absolute atomic E-state index is 0.200. The SMILES string of the molecule is COC1=C[C@]2(OC(=O)c3ccccc3)[C@@H]3Cc4ccc(OC)c(OCc5ccc(OCc6ccccc6)cc5)c4[C@]2(CCN3C)CC1O. The number of aliphatic hydroxyl groups is 1. The number of likely N-dealkylation sites (tertiary alicyclic amines) is 1. The lowest BCUT2D eigenvalue weighted by Gasteiger charge is -2.63. The molecule has 0 saturated carbocycles. The van der Waals surface area contributed by atoms with Crippen LogP contribution in [0.5, 0.6) is 17.2 Å². The van der Waals surface area contributed by atoms with Gasteiger partial charge in [-0.05, 0) is 79.9 Å². The minimum atomic E-state index is -1.15. The average molecular weight is 648 g/mol. The van der Waals surface area contributed by atoms with Crippen molar-refractivity contribution in [1.29, 1.82) is 0 Å². The smallest absolute Gasteiger partial charge is 0.339 e. The van der Waals surface area contributed by atoms with E-state index in [9.17, 15) is 9.90 Å². The van der Waals surface area contributed by atoms with Crippen molar-refractivity contribution in [3.8, 4) is 17.2 Å². The zero-order valence-electron chi connectivity index (χ0n) is 27.6. The van der Waals surface area contributed by atoms with Crippen LogP contribution in [0, 0.1) is 0 Å². The Kier molecular flexibility index (Phi) is 8.62. The molecule has 1 N–H and O–H groups in total. The zero-order valence-corrected chi connectivity index (χ0v) is 27.6. The van der Waals surface area contributed by atoms with Crippen LogP contribution >= 0.6 is 0 Å². The lowest BCUT2D eigenvalue weighted by atomic mass is 9.50. The summed E-state index contributed by atoms with van der Waals surface area (Å²) in [5.41, 5.74) is 2.57. The number of esters is 1. The van der Waals surface area contributed by atoms with E-state index < -0.39 is 23.1 Å². The molecule has 8 nitrogen and oxygen atoms in total. The Morgan fingerprint density at radius 1 is 0.854 bits per heavy atom. The monoisotopic (exact) mass is 647 g/mol. The molecule has 0 radical (unpaired) electrons. The van der Waals surface area contributed by atoms with Gasteiger partial charge in [0.15, 0.2) is 17.1 Å². The molecule has 0 aromatic heterocycles. The first-order valence-corrected chi connectivity index (χ1v) is 16.4. The summed E-state index contributed by atoms with van der Waals surface area (Å²) >= 11 is 0. The van der Waals surface area contributed by atoms with Gasteiger partial charge in [0, 0.05) is 17.1 Å². The number of benzene rings is 4. The first kappa shape index (κ1) is 31.8. The fourth-order valence-corrected chi connectivity index (χ4v) is 7.90. The normalized spacial score (nSPS) is 24.4. The molecular formula is C40H41NO7. The van der Waals surface area contributed by atoms with E-state index in [4.69, 9.17) is 23.7 Å². The largest absolute Gasteiger partial charge is 0.499 e. The van der Waals surface area contributed by atoms with E-state index in [1.165, 1.54) is 0 Å². The molecule has 1 heterocycles. The molecule has 4 aromatic rings. The summed E-state index contributed by atoms with van der Waals surface area (Å²) < 4.78 is 31.1. The van der Waals surface area contributed by atoms with Crippen LogP contribution < -0.4 is 14.2 Å². The molecule has 8 heteroatoms. The highest BCUT2D eigenvalue weighted by Gasteiger charge is 2.68. The number of rotatable bonds is 10. The lowest BCUT2D eigenvalue weighted by Crippen LogP contribution is -2.73. The predicted octanol–water partition coefficient (Wildman–Crippen LogP) is 6.24. The van der Waals surface area contributed by atoms with Crippen LogP contribution in [0.2, 0.25) is 0 Å². The van der Waals surface area contributed by atoms with Crippen LogP contribution in [0.25, 0.3) is 0 Å². The number of fused-ring (bicyclic) bond motifs is 1. The van der Waals surface area contributed by atoms with E-state index in [1.54, 1.807) is 26.4 Å². The molecule has 7 rings (SSSR count). The van der Waals surface area contributed by atoms with Crippen LogP contribution in [0.3, 0.4) is 0 Å². The third kappa shape index (κ3) is 5.49. The lowest BCUT2D eigenvalue weighted by molar-refractivity contribution is -0.138. The Morgan fingerprint density at radius 2 is 1.54 bits per heavy atom. The molecule has 1 fully saturated rings. The standard InChI is InChI=1S/C40H41NO7/c1-41-21-20-39-23-32(42)34(45-3)24-40(39,48-38(43)29-12-8-5-9-13-29)35(41)22-30-16-19-33(44-2)37(36(30)39)47-26-28-14-17-31(18-15-28)46-25-27-10-6-4-7-11-27/h4-19,24,32,35,42H,20-23,25-26H2,1-3H3/t32?,35-,39-,40-/m0/s1. The fourth-order valence-electron chi connectivity index (χ4n) is 7.90. The Bertz CT molecular complexity index is 1790. The molecule has 1 saturated heterocycles. The third-order valence-corrected chi connectivity index (χ3v) is 10.3. The minimum Gasteiger partial charge on any atom is -0.499 e. The van der Waals surface area contributed by atoms with E-state index in [1.807, 2.05) is 84.9 Å². The van der Waals surface area contributed by atoms with Crippen molar-refractivity contribution in [2.45, 2.75) is 55.6 Å². The van der Waals surface area contributed by atoms with Gasteiger partial charge < -0.3 is 28.8 Å². The van der Waals surface area contributed by atoms with Crippen molar-refractivity contribution in [3.63, 3.8) is 0 Å². The van der Waals surface area contributed by atoms with Gasteiger partial charge in [0.05, 0.1) is 25.8 Å². The number of methoxy groups -OCH3 is 2. The Hall–Kier alpha value is -4.79. The molecule has 2 aliphatic carbocycles. The van der Waals surface area contributed by atoms with Crippen LogP contribution in [-0.2, 0) is 34.5 Å². The summed E-state index contributed by atoms with van der Waals surface area (Å²) in [5, 5.41) is 11.5. The van der Waals surface area contributed by atoms with Gasteiger partial charge in [0.2, 0.25) is 0 Å². The number of likely N-dealkylation sites (N-methyl/N-ethyl adjacent to an activating group) is 1. The van der Waals surface area contributed by atoms with E-state index >= 15 is 0 Å². The predicted molar refractivity (Wildman–Crippen MR) is 181 cm³/mol. The van der Waals surface area contributed by atoms with Crippen LogP contribution in [-0.4, -0.2) is 61.5 Å². The molecule has 248 valence electrons. The Balaban J connectivity index is 1.26. The number of carbonyl (C=O) groups excluding carboxylic acids is 1. The molecule has 0 spiro atoms. The second kappa shape index (κ2) is 13.0. The number of piperidine rings is 1. The van der Waals surface area contributed by atoms with Gasteiger partial charge in [-0.1, -0.05) is 66.7 Å². The van der Waals surface area contributed by atoms with E-state index in [0.29, 0.717) is 48.7 Å². The van der Waals surface area contributed by atoms with Gasteiger partial charge in [0.1, 0.15) is 30.8 Å².